The van der Waals surface area contributed by atoms with Gasteiger partial charge < -0.3 is 9.72 Å². The number of esters is 1. The number of amidine groups is 1. The average Bonchev–Trinajstić information content (AvgIpc) is 3.18. The first kappa shape index (κ1) is 19.9. The summed E-state index contributed by atoms with van der Waals surface area (Å²) in [7, 11) is -3.59. The number of aryl methyl sites for hydroxylation is 1. The number of H-pyrrole nitrogens is 1. The molecule has 9 nitrogen and oxygen atoms in total. The summed E-state index contributed by atoms with van der Waals surface area (Å²) < 4.78 is 33.3. The molecule has 0 spiro atoms. The minimum absolute atomic E-state index is 0.0282. The molecule has 0 unspecified atom stereocenters. The third-order valence-corrected chi connectivity index (χ3v) is 6.12. The molecule has 0 saturated carbocycles. The van der Waals surface area contributed by atoms with E-state index >= 15 is 0 Å². The van der Waals surface area contributed by atoms with E-state index in [4.69, 9.17) is 4.74 Å². The van der Waals surface area contributed by atoms with E-state index < -0.39 is 16.0 Å². The fraction of sp³-hybridized carbons (Fsp3) is 0.250. The predicted molar refractivity (Wildman–Crippen MR) is 111 cm³/mol. The SMILES string of the molecule is O=C(CCN=C1NS(=O)(=O)c2ccccc21)OCCCn1c(=O)[nH]c2ccccc21. The molecule has 0 bridgehead atoms. The standard InChI is InChI=1S/C20H20N4O5S/c25-18(10-11-21-19-14-6-1-4-9-17(14)30(27,28)23-19)29-13-5-12-24-16-8-3-2-7-15(16)22-20(24)26/h1-4,6-9H,5,10-13H2,(H,21,23)(H,22,26). The Bertz CT molecular complexity index is 1290. The van der Waals surface area contributed by atoms with Gasteiger partial charge in [0.05, 0.1) is 35.5 Å². The fourth-order valence-corrected chi connectivity index (χ4v) is 4.57. The summed E-state index contributed by atoms with van der Waals surface area (Å²) in [6.45, 7) is 0.709. The van der Waals surface area contributed by atoms with Gasteiger partial charge in [-0.25, -0.2) is 13.2 Å². The Labute approximate surface area is 172 Å². The molecule has 1 aromatic heterocycles. The van der Waals surface area contributed by atoms with Crippen molar-refractivity contribution in [3.8, 4) is 0 Å². The number of hydrogen-bond donors (Lipinski definition) is 2. The van der Waals surface area contributed by atoms with E-state index in [2.05, 4.69) is 14.7 Å². The maximum Gasteiger partial charge on any atom is 0.326 e. The molecule has 0 fully saturated rings. The summed E-state index contributed by atoms with van der Waals surface area (Å²) in [6, 6.07) is 13.9. The molecule has 0 radical (unpaired) electrons. The van der Waals surface area contributed by atoms with Crippen LogP contribution in [0.5, 0.6) is 0 Å². The zero-order valence-electron chi connectivity index (χ0n) is 16.0. The number of fused-ring (bicyclic) bond motifs is 2. The van der Waals surface area contributed by atoms with Crippen LogP contribution in [0.4, 0.5) is 0 Å². The molecule has 30 heavy (non-hydrogen) atoms. The Kier molecular flexibility index (Phi) is 5.40. The van der Waals surface area contributed by atoms with Gasteiger partial charge in [0.15, 0.2) is 0 Å². The van der Waals surface area contributed by atoms with Gasteiger partial charge in [-0.1, -0.05) is 24.3 Å². The van der Waals surface area contributed by atoms with Gasteiger partial charge in [-0.3, -0.25) is 19.1 Å². The lowest BCUT2D eigenvalue weighted by atomic mass is 10.2. The summed E-state index contributed by atoms with van der Waals surface area (Å²) in [5, 5.41) is 0. The van der Waals surface area contributed by atoms with Gasteiger partial charge in [-0.2, -0.15) is 0 Å². The molecule has 1 aliphatic heterocycles. The smallest absolute Gasteiger partial charge is 0.326 e. The van der Waals surface area contributed by atoms with Gasteiger partial charge in [0, 0.05) is 12.1 Å². The third kappa shape index (κ3) is 3.99. The van der Waals surface area contributed by atoms with Crippen LogP contribution in [0, 0.1) is 0 Å². The zero-order valence-corrected chi connectivity index (χ0v) is 16.8. The first-order valence-corrected chi connectivity index (χ1v) is 10.9. The predicted octanol–water partition coefficient (Wildman–Crippen LogP) is 1.39. The van der Waals surface area contributed by atoms with Crippen molar-refractivity contribution < 1.29 is 17.9 Å². The first-order chi connectivity index (χ1) is 14.5. The van der Waals surface area contributed by atoms with Crippen LogP contribution in [-0.4, -0.2) is 42.9 Å². The zero-order chi connectivity index (χ0) is 21.1. The van der Waals surface area contributed by atoms with Crippen LogP contribution in [0.2, 0.25) is 0 Å². The average molecular weight is 428 g/mol. The number of rotatable bonds is 7. The maximum absolute atomic E-state index is 12.0. The highest BCUT2D eigenvalue weighted by molar-refractivity contribution is 7.90. The molecule has 1 aliphatic rings. The molecule has 2 N–H and O–H groups in total. The normalized spacial score (nSPS) is 15.8. The van der Waals surface area contributed by atoms with Gasteiger partial charge in [-0.05, 0) is 30.7 Å². The Morgan fingerprint density at radius 1 is 1.10 bits per heavy atom. The number of ether oxygens (including phenoxy) is 1. The van der Waals surface area contributed by atoms with Gasteiger partial charge in [0.25, 0.3) is 10.0 Å². The maximum atomic E-state index is 12.0. The second kappa shape index (κ2) is 8.15. The minimum atomic E-state index is -3.59. The summed E-state index contributed by atoms with van der Waals surface area (Å²) >= 11 is 0. The van der Waals surface area contributed by atoms with Gasteiger partial charge >= 0.3 is 11.7 Å². The number of aromatic amines is 1. The summed E-state index contributed by atoms with van der Waals surface area (Å²) in [4.78, 5) is 31.1. The summed E-state index contributed by atoms with van der Waals surface area (Å²) in [6.07, 6.45) is 0.523. The molecule has 156 valence electrons. The molecule has 0 aliphatic carbocycles. The fourth-order valence-electron chi connectivity index (χ4n) is 3.32. The summed E-state index contributed by atoms with van der Waals surface area (Å²) in [5.41, 5.74) is 1.87. The Hall–Kier alpha value is -3.40. The quantitative estimate of drug-likeness (QED) is 0.435. The molecular weight excluding hydrogens is 408 g/mol. The van der Waals surface area contributed by atoms with E-state index in [1.54, 1.807) is 22.8 Å². The van der Waals surface area contributed by atoms with Crippen LogP contribution in [-0.2, 0) is 26.1 Å². The molecule has 10 heteroatoms. The number of carbonyl (C=O) groups excluding carboxylic acids is 1. The first-order valence-electron chi connectivity index (χ1n) is 9.45. The third-order valence-electron chi connectivity index (χ3n) is 4.72. The van der Waals surface area contributed by atoms with Crippen molar-refractivity contribution >= 4 is 32.9 Å². The minimum Gasteiger partial charge on any atom is -0.466 e. The van der Waals surface area contributed by atoms with Gasteiger partial charge in [0.2, 0.25) is 0 Å². The van der Waals surface area contributed by atoms with E-state index in [1.807, 2.05) is 24.3 Å². The second-order valence-corrected chi connectivity index (χ2v) is 8.41. The molecule has 2 aromatic carbocycles. The molecule has 0 atom stereocenters. The van der Waals surface area contributed by atoms with E-state index in [0.717, 1.165) is 11.0 Å². The highest BCUT2D eigenvalue weighted by Gasteiger charge is 2.29. The number of nitrogens with one attached hydrogen (secondary N) is 2. The molecule has 3 aromatic rings. The Balaban J connectivity index is 1.26. The summed E-state index contributed by atoms with van der Waals surface area (Å²) in [5.74, 6) is -0.197. The van der Waals surface area contributed by atoms with E-state index in [-0.39, 0.29) is 36.0 Å². The van der Waals surface area contributed by atoms with Crippen molar-refractivity contribution in [3.05, 3.63) is 64.6 Å². The van der Waals surface area contributed by atoms with Gasteiger partial charge in [-0.15, -0.1) is 0 Å². The van der Waals surface area contributed by atoms with Crippen LogP contribution in [0.1, 0.15) is 18.4 Å². The van der Waals surface area contributed by atoms with Crippen molar-refractivity contribution in [2.45, 2.75) is 24.3 Å². The number of para-hydroxylation sites is 2. The number of benzene rings is 2. The van der Waals surface area contributed by atoms with Crippen molar-refractivity contribution in [2.75, 3.05) is 13.2 Å². The van der Waals surface area contributed by atoms with Crippen LogP contribution in [0.25, 0.3) is 11.0 Å². The number of imidazole rings is 1. The lowest BCUT2D eigenvalue weighted by Gasteiger charge is -2.05. The van der Waals surface area contributed by atoms with Crippen LogP contribution in [0.3, 0.4) is 0 Å². The molecule has 2 heterocycles. The van der Waals surface area contributed by atoms with Crippen molar-refractivity contribution in [3.63, 3.8) is 0 Å². The van der Waals surface area contributed by atoms with Crippen molar-refractivity contribution in [2.24, 2.45) is 4.99 Å². The number of sulfonamides is 1. The van der Waals surface area contributed by atoms with E-state index in [1.165, 1.54) is 6.07 Å². The number of aliphatic imine (C=N–C) groups is 1. The lowest BCUT2D eigenvalue weighted by Crippen LogP contribution is -2.22. The highest BCUT2D eigenvalue weighted by atomic mass is 32.2. The van der Waals surface area contributed by atoms with Crippen LogP contribution < -0.4 is 10.4 Å². The number of nitrogens with zero attached hydrogens (tertiary/aromatic N) is 2. The topological polar surface area (TPSA) is 123 Å². The lowest BCUT2D eigenvalue weighted by molar-refractivity contribution is -0.143. The second-order valence-electron chi connectivity index (χ2n) is 6.75. The van der Waals surface area contributed by atoms with E-state index in [9.17, 15) is 18.0 Å². The number of hydrogen-bond acceptors (Lipinski definition) is 6. The van der Waals surface area contributed by atoms with Crippen LogP contribution >= 0.6 is 0 Å². The largest absolute Gasteiger partial charge is 0.466 e. The molecule has 4 rings (SSSR count). The van der Waals surface area contributed by atoms with Crippen molar-refractivity contribution in [1.29, 1.82) is 0 Å². The van der Waals surface area contributed by atoms with Gasteiger partial charge in [0.1, 0.15) is 5.84 Å². The molecule has 0 amide bonds. The molecular formula is C20H20N4O5S. The Morgan fingerprint density at radius 2 is 1.87 bits per heavy atom. The van der Waals surface area contributed by atoms with Crippen molar-refractivity contribution in [1.82, 2.24) is 14.3 Å². The monoisotopic (exact) mass is 428 g/mol. The highest BCUT2D eigenvalue weighted by Crippen LogP contribution is 2.22. The number of aromatic nitrogens is 2. The number of carbonyl (C=O) groups is 1. The molecule has 0 saturated heterocycles. The Morgan fingerprint density at radius 3 is 2.73 bits per heavy atom. The van der Waals surface area contributed by atoms with E-state index in [0.29, 0.717) is 18.5 Å². The van der Waals surface area contributed by atoms with Crippen LogP contribution in [0.15, 0.2) is 63.2 Å².